The first-order valence-corrected chi connectivity index (χ1v) is 11.2. The van der Waals surface area contributed by atoms with Gasteiger partial charge in [0.1, 0.15) is 0 Å². The Morgan fingerprint density at radius 1 is 1.23 bits per heavy atom. The third-order valence-corrected chi connectivity index (χ3v) is 5.98. The number of esters is 1. The lowest BCUT2D eigenvalue weighted by Crippen LogP contribution is -2.41. The molecule has 30 heavy (non-hydrogen) atoms. The van der Waals surface area contributed by atoms with Gasteiger partial charge in [-0.3, -0.25) is 9.59 Å². The fourth-order valence-electron chi connectivity index (χ4n) is 3.13. The second kappa shape index (κ2) is 8.45. The molecule has 10 heteroatoms. The van der Waals surface area contributed by atoms with Crippen molar-refractivity contribution in [2.45, 2.75) is 24.3 Å². The van der Waals surface area contributed by atoms with Crippen LogP contribution >= 0.6 is 11.6 Å². The van der Waals surface area contributed by atoms with Crippen LogP contribution in [0.5, 0.6) is 0 Å². The molecule has 8 nitrogen and oxygen atoms in total. The highest BCUT2D eigenvalue weighted by molar-refractivity contribution is 7.90. The molecule has 1 atom stereocenters. The summed E-state index contributed by atoms with van der Waals surface area (Å²) in [6.07, 6.45) is 1.08. The van der Waals surface area contributed by atoms with Crippen LogP contribution in [-0.2, 0) is 24.2 Å². The maximum Gasteiger partial charge on any atom is 0.340 e. The Balaban J connectivity index is 1.80. The van der Waals surface area contributed by atoms with Gasteiger partial charge in [0.2, 0.25) is 5.91 Å². The minimum atomic E-state index is -3.55. The number of carbonyl (C=O) groups excluding carboxylic acids is 3. The van der Waals surface area contributed by atoms with Crippen molar-refractivity contribution in [2.24, 2.45) is 0 Å². The minimum absolute atomic E-state index is 0.00290. The molecule has 0 saturated heterocycles. The van der Waals surface area contributed by atoms with E-state index >= 15 is 0 Å². The standard InChI is InChI=1S/C20H19ClN2O6S/c1-12-9-18(24)22-16-5-3-4-6-17(16)23(12)19(25)11-29-20(26)14-10-13(30(2,27)28)7-8-15(14)21/h3-8,10,12H,9,11H2,1-2H3,(H,22,24). The molecule has 1 unspecified atom stereocenters. The monoisotopic (exact) mass is 450 g/mol. The van der Waals surface area contributed by atoms with Crippen LogP contribution in [0, 0.1) is 0 Å². The van der Waals surface area contributed by atoms with Crippen LogP contribution in [0.15, 0.2) is 47.4 Å². The van der Waals surface area contributed by atoms with Crippen molar-refractivity contribution in [2.75, 3.05) is 23.1 Å². The second-order valence-electron chi connectivity index (χ2n) is 6.87. The first-order chi connectivity index (χ1) is 14.1. The molecule has 0 aliphatic carbocycles. The van der Waals surface area contributed by atoms with Gasteiger partial charge in [0, 0.05) is 18.7 Å². The third kappa shape index (κ3) is 4.63. The average Bonchev–Trinajstić information content (AvgIpc) is 2.79. The van der Waals surface area contributed by atoms with Crippen LogP contribution < -0.4 is 10.2 Å². The highest BCUT2D eigenvalue weighted by atomic mass is 35.5. The van der Waals surface area contributed by atoms with E-state index in [1.807, 2.05) is 0 Å². The van der Waals surface area contributed by atoms with Gasteiger partial charge in [-0.1, -0.05) is 23.7 Å². The molecule has 2 aromatic rings. The Bertz CT molecular complexity index is 1130. The van der Waals surface area contributed by atoms with E-state index < -0.39 is 34.4 Å². The van der Waals surface area contributed by atoms with E-state index in [2.05, 4.69) is 5.32 Å². The highest BCUT2D eigenvalue weighted by Gasteiger charge is 2.30. The maximum absolute atomic E-state index is 12.9. The van der Waals surface area contributed by atoms with Gasteiger partial charge in [0.15, 0.2) is 16.4 Å². The molecule has 2 amide bonds. The third-order valence-electron chi connectivity index (χ3n) is 4.54. The molecule has 1 N–H and O–H groups in total. The fraction of sp³-hybridized carbons (Fsp3) is 0.250. The molecule has 0 spiro atoms. The Morgan fingerprint density at radius 2 is 1.93 bits per heavy atom. The topological polar surface area (TPSA) is 110 Å². The number of sulfone groups is 1. The predicted octanol–water partition coefficient (Wildman–Crippen LogP) is 2.66. The van der Waals surface area contributed by atoms with Crippen LogP contribution in [0.1, 0.15) is 23.7 Å². The van der Waals surface area contributed by atoms with Gasteiger partial charge in [0.25, 0.3) is 5.91 Å². The quantitative estimate of drug-likeness (QED) is 0.717. The van der Waals surface area contributed by atoms with Gasteiger partial charge in [-0.15, -0.1) is 0 Å². The van der Waals surface area contributed by atoms with Gasteiger partial charge in [0.05, 0.1) is 26.9 Å². The Labute approximate surface area is 178 Å². The van der Waals surface area contributed by atoms with Gasteiger partial charge in [-0.05, 0) is 37.3 Å². The summed E-state index contributed by atoms with van der Waals surface area (Å²) in [4.78, 5) is 38.6. The summed E-state index contributed by atoms with van der Waals surface area (Å²) in [7, 11) is -3.55. The first kappa shape index (κ1) is 21.8. The molecule has 2 aromatic carbocycles. The van der Waals surface area contributed by atoms with E-state index in [9.17, 15) is 22.8 Å². The number of ether oxygens (including phenoxy) is 1. The van der Waals surface area contributed by atoms with Crippen molar-refractivity contribution >= 4 is 50.6 Å². The van der Waals surface area contributed by atoms with Crippen LogP contribution in [0.25, 0.3) is 0 Å². The van der Waals surface area contributed by atoms with E-state index in [1.54, 1.807) is 31.2 Å². The fourth-order valence-corrected chi connectivity index (χ4v) is 3.98. The summed E-state index contributed by atoms with van der Waals surface area (Å²) in [5, 5.41) is 2.74. The minimum Gasteiger partial charge on any atom is -0.452 e. The van der Waals surface area contributed by atoms with Crippen molar-refractivity contribution < 1.29 is 27.5 Å². The molecular formula is C20H19ClN2O6S. The van der Waals surface area contributed by atoms with Crippen LogP contribution in [0.4, 0.5) is 11.4 Å². The lowest BCUT2D eigenvalue weighted by atomic mass is 10.1. The van der Waals surface area contributed by atoms with Crippen LogP contribution in [0.2, 0.25) is 5.02 Å². The summed E-state index contributed by atoms with van der Waals surface area (Å²) in [6.45, 7) is 1.11. The van der Waals surface area contributed by atoms with Gasteiger partial charge in [-0.2, -0.15) is 0 Å². The summed E-state index contributed by atoms with van der Waals surface area (Å²) >= 11 is 6.00. The second-order valence-corrected chi connectivity index (χ2v) is 9.30. The number of carbonyl (C=O) groups is 3. The smallest absolute Gasteiger partial charge is 0.340 e. The number of rotatable bonds is 4. The zero-order chi connectivity index (χ0) is 22.1. The summed E-state index contributed by atoms with van der Waals surface area (Å²) < 4.78 is 28.5. The van der Waals surface area contributed by atoms with Crippen molar-refractivity contribution in [3.8, 4) is 0 Å². The molecule has 0 aromatic heterocycles. The number of nitrogens with zero attached hydrogens (tertiary/aromatic N) is 1. The lowest BCUT2D eigenvalue weighted by molar-refractivity contribution is -0.122. The lowest BCUT2D eigenvalue weighted by Gasteiger charge is -2.27. The van der Waals surface area contributed by atoms with E-state index in [4.69, 9.17) is 16.3 Å². The molecule has 0 saturated carbocycles. The number of para-hydroxylation sites is 2. The highest BCUT2D eigenvalue weighted by Crippen LogP contribution is 2.31. The number of hydrogen-bond donors (Lipinski definition) is 1. The SMILES string of the molecule is CC1CC(=O)Nc2ccccc2N1C(=O)COC(=O)c1cc(S(C)(=O)=O)ccc1Cl. The number of fused-ring (bicyclic) bond motifs is 1. The number of amides is 2. The zero-order valence-electron chi connectivity index (χ0n) is 16.2. The number of nitrogens with one attached hydrogen (secondary N) is 1. The largest absolute Gasteiger partial charge is 0.452 e. The predicted molar refractivity (Wildman–Crippen MR) is 111 cm³/mol. The molecule has 0 radical (unpaired) electrons. The molecule has 1 heterocycles. The van der Waals surface area contributed by atoms with Gasteiger partial charge < -0.3 is 15.0 Å². The number of anilines is 2. The Hall–Kier alpha value is -2.91. The maximum atomic E-state index is 12.9. The normalized spacial score (nSPS) is 16.3. The van der Waals surface area contributed by atoms with Gasteiger partial charge in [-0.25, -0.2) is 13.2 Å². The van der Waals surface area contributed by atoms with Crippen molar-refractivity contribution in [1.29, 1.82) is 0 Å². The molecular weight excluding hydrogens is 432 g/mol. The van der Waals surface area contributed by atoms with Crippen LogP contribution in [0.3, 0.4) is 0 Å². The van der Waals surface area contributed by atoms with Crippen molar-refractivity contribution in [3.05, 3.63) is 53.1 Å². The van der Waals surface area contributed by atoms with Crippen LogP contribution in [-0.4, -0.2) is 45.1 Å². The molecule has 1 aliphatic rings. The molecule has 158 valence electrons. The van der Waals surface area contributed by atoms with E-state index in [1.165, 1.54) is 17.0 Å². The zero-order valence-corrected chi connectivity index (χ0v) is 17.8. The molecule has 3 rings (SSSR count). The van der Waals surface area contributed by atoms with Crippen molar-refractivity contribution in [3.63, 3.8) is 0 Å². The van der Waals surface area contributed by atoms with Crippen molar-refractivity contribution in [1.82, 2.24) is 0 Å². The number of benzene rings is 2. The number of hydrogen-bond acceptors (Lipinski definition) is 6. The molecule has 0 fully saturated rings. The van der Waals surface area contributed by atoms with E-state index in [0.717, 1.165) is 12.3 Å². The summed E-state index contributed by atoms with van der Waals surface area (Å²) in [5.74, 6) is -1.69. The van der Waals surface area contributed by atoms with E-state index in [-0.39, 0.29) is 27.8 Å². The van der Waals surface area contributed by atoms with E-state index in [0.29, 0.717) is 11.4 Å². The average molecular weight is 451 g/mol. The molecule has 1 aliphatic heterocycles. The van der Waals surface area contributed by atoms with Gasteiger partial charge >= 0.3 is 5.97 Å². The summed E-state index contributed by atoms with van der Waals surface area (Å²) in [5.41, 5.74) is 0.818. The Morgan fingerprint density at radius 3 is 2.63 bits per heavy atom. The Kier molecular flexibility index (Phi) is 6.14. The molecule has 0 bridgehead atoms. The number of halogens is 1. The first-order valence-electron chi connectivity index (χ1n) is 8.95. The summed E-state index contributed by atoms with van der Waals surface area (Å²) in [6, 6.07) is 10.0.